The first-order valence-corrected chi connectivity index (χ1v) is 2.19. The van der Waals surface area contributed by atoms with Crippen molar-refractivity contribution in [3.8, 4) is 0 Å². The SMILES string of the molecule is NCc1n[nH]nc1N. The van der Waals surface area contributed by atoms with Gasteiger partial charge in [-0.15, -0.1) is 5.10 Å². The van der Waals surface area contributed by atoms with Crippen LogP contribution in [-0.2, 0) is 6.54 Å². The van der Waals surface area contributed by atoms with Crippen LogP contribution in [0.5, 0.6) is 0 Å². The molecule has 0 radical (unpaired) electrons. The van der Waals surface area contributed by atoms with Crippen LogP contribution in [0.1, 0.15) is 5.69 Å². The molecule has 0 atom stereocenters. The summed E-state index contributed by atoms with van der Waals surface area (Å²) in [5, 5.41) is 9.54. The maximum absolute atomic E-state index is 5.27. The molecule has 1 rings (SSSR count). The van der Waals surface area contributed by atoms with Gasteiger partial charge in [0.05, 0.1) is 0 Å². The Bertz CT molecular complexity index is 168. The number of aromatic nitrogens is 3. The maximum Gasteiger partial charge on any atom is 0.170 e. The first-order chi connectivity index (χ1) is 3.84. The smallest absolute Gasteiger partial charge is 0.170 e. The van der Waals surface area contributed by atoms with Crippen molar-refractivity contribution in [1.82, 2.24) is 15.4 Å². The van der Waals surface area contributed by atoms with Gasteiger partial charge in [-0.3, -0.25) is 0 Å². The maximum atomic E-state index is 5.27. The van der Waals surface area contributed by atoms with Crippen molar-refractivity contribution < 1.29 is 0 Å². The number of aromatic amines is 1. The first-order valence-electron chi connectivity index (χ1n) is 2.19. The molecular formula is C3H7N5. The molecule has 0 amide bonds. The minimum absolute atomic E-state index is 0.336. The van der Waals surface area contributed by atoms with Crippen molar-refractivity contribution >= 4 is 5.82 Å². The summed E-state index contributed by atoms with van der Waals surface area (Å²) in [5.74, 6) is 0.382. The van der Waals surface area contributed by atoms with Crippen LogP contribution in [0, 0.1) is 0 Å². The zero-order chi connectivity index (χ0) is 5.98. The Morgan fingerprint density at radius 3 is 2.50 bits per heavy atom. The molecule has 1 heterocycles. The molecule has 0 saturated carbocycles. The highest BCUT2D eigenvalue weighted by atomic mass is 15.3. The number of nitrogens with two attached hydrogens (primary N) is 2. The van der Waals surface area contributed by atoms with Crippen molar-refractivity contribution in [3.63, 3.8) is 0 Å². The van der Waals surface area contributed by atoms with Crippen LogP contribution in [-0.4, -0.2) is 15.4 Å². The molecule has 8 heavy (non-hydrogen) atoms. The fourth-order valence-electron chi connectivity index (χ4n) is 0.411. The van der Waals surface area contributed by atoms with Crippen LogP contribution < -0.4 is 11.5 Å². The lowest BCUT2D eigenvalue weighted by molar-refractivity contribution is 0.898. The number of rotatable bonds is 1. The van der Waals surface area contributed by atoms with Crippen LogP contribution in [0.2, 0.25) is 0 Å². The van der Waals surface area contributed by atoms with Gasteiger partial charge in [-0.2, -0.15) is 10.3 Å². The van der Waals surface area contributed by atoms with E-state index in [1.54, 1.807) is 0 Å². The van der Waals surface area contributed by atoms with Crippen molar-refractivity contribution in [3.05, 3.63) is 5.69 Å². The van der Waals surface area contributed by atoms with E-state index >= 15 is 0 Å². The van der Waals surface area contributed by atoms with E-state index in [4.69, 9.17) is 11.5 Å². The van der Waals surface area contributed by atoms with E-state index in [1.165, 1.54) is 0 Å². The van der Waals surface area contributed by atoms with E-state index in [9.17, 15) is 0 Å². The summed E-state index contributed by atoms with van der Waals surface area (Å²) in [5.41, 5.74) is 11.1. The second-order valence-corrected chi connectivity index (χ2v) is 1.36. The number of nitrogen functional groups attached to an aromatic ring is 1. The molecule has 5 heteroatoms. The van der Waals surface area contributed by atoms with Crippen molar-refractivity contribution in [1.29, 1.82) is 0 Å². The lowest BCUT2D eigenvalue weighted by atomic mass is 10.4. The monoisotopic (exact) mass is 113 g/mol. The molecule has 5 nitrogen and oxygen atoms in total. The van der Waals surface area contributed by atoms with Crippen LogP contribution >= 0.6 is 0 Å². The number of H-pyrrole nitrogens is 1. The standard InChI is InChI=1S/C3H7N5/c4-1-2-3(5)7-8-6-2/h1,4H2,(H3,5,6,7,8). The molecule has 0 fully saturated rings. The molecule has 0 aliphatic carbocycles. The highest BCUT2D eigenvalue weighted by molar-refractivity contribution is 5.31. The van der Waals surface area contributed by atoms with Gasteiger partial charge in [-0.25, -0.2) is 0 Å². The van der Waals surface area contributed by atoms with Gasteiger partial charge in [0.25, 0.3) is 0 Å². The second-order valence-electron chi connectivity index (χ2n) is 1.36. The topological polar surface area (TPSA) is 93.6 Å². The Hall–Kier alpha value is -1.10. The number of nitrogens with one attached hydrogen (secondary N) is 1. The van der Waals surface area contributed by atoms with E-state index < -0.39 is 0 Å². The van der Waals surface area contributed by atoms with E-state index in [1.807, 2.05) is 0 Å². The third kappa shape index (κ3) is 0.627. The highest BCUT2D eigenvalue weighted by Gasteiger charge is 1.97. The van der Waals surface area contributed by atoms with Crippen molar-refractivity contribution in [2.45, 2.75) is 6.54 Å². The zero-order valence-corrected chi connectivity index (χ0v) is 4.26. The Labute approximate surface area is 46.1 Å². The summed E-state index contributed by atoms with van der Waals surface area (Å²) in [6, 6.07) is 0. The zero-order valence-electron chi connectivity index (χ0n) is 4.26. The number of hydrogen-bond acceptors (Lipinski definition) is 4. The van der Waals surface area contributed by atoms with Gasteiger partial charge >= 0.3 is 0 Å². The highest BCUT2D eigenvalue weighted by Crippen LogP contribution is 1.97. The molecule has 0 saturated heterocycles. The van der Waals surface area contributed by atoms with E-state index in [2.05, 4.69) is 15.4 Å². The average Bonchev–Trinajstić information content (AvgIpc) is 2.14. The van der Waals surface area contributed by atoms with Gasteiger partial charge in [0.2, 0.25) is 0 Å². The van der Waals surface area contributed by atoms with Crippen molar-refractivity contribution in [2.75, 3.05) is 5.73 Å². The molecule has 0 spiro atoms. The minimum Gasteiger partial charge on any atom is -0.381 e. The van der Waals surface area contributed by atoms with E-state index in [-0.39, 0.29) is 0 Å². The molecule has 0 unspecified atom stereocenters. The molecule has 1 aromatic rings. The van der Waals surface area contributed by atoms with Crippen molar-refractivity contribution in [2.24, 2.45) is 5.73 Å². The molecule has 5 N–H and O–H groups in total. The Morgan fingerprint density at radius 1 is 1.50 bits per heavy atom. The molecule has 0 bridgehead atoms. The van der Waals surface area contributed by atoms with Gasteiger partial charge < -0.3 is 11.5 Å². The normalized spacial score (nSPS) is 9.62. The number of nitrogens with zero attached hydrogens (tertiary/aromatic N) is 2. The molecule has 1 aromatic heterocycles. The molecular weight excluding hydrogens is 106 g/mol. The van der Waals surface area contributed by atoms with Gasteiger partial charge in [0.15, 0.2) is 5.82 Å². The number of hydrogen-bond donors (Lipinski definition) is 3. The fraction of sp³-hybridized carbons (Fsp3) is 0.333. The van der Waals surface area contributed by atoms with Crippen LogP contribution in [0.25, 0.3) is 0 Å². The van der Waals surface area contributed by atoms with Crippen LogP contribution in [0.15, 0.2) is 0 Å². The molecule has 44 valence electrons. The summed E-state index contributed by atoms with van der Waals surface area (Å²) in [6.07, 6.45) is 0. The predicted octanol–water partition coefficient (Wildman–Crippen LogP) is -1.15. The Morgan fingerprint density at radius 2 is 2.25 bits per heavy atom. The Kier molecular flexibility index (Phi) is 1.13. The first kappa shape index (κ1) is 5.04. The summed E-state index contributed by atoms with van der Waals surface area (Å²) < 4.78 is 0. The van der Waals surface area contributed by atoms with Crippen LogP contribution in [0.4, 0.5) is 5.82 Å². The minimum atomic E-state index is 0.336. The number of anilines is 1. The quantitative estimate of drug-likeness (QED) is 0.428. The fourth-order valence-corrected chi connectivity index (χ4v) is 0.411. The Balaban J connectivity index is 2.92. The van der Waals surface area contributed by atoms with Gasteiger partial charge in [0, 0.05) is 6.54 Å². The van der Waals surface area contributed by atoms with Gasteiger partial charge in [0.1, 0.15) is 5.69 Å². The van der Waals surface area contributed by atoms with Crippen LogP contribution in [0.3, 0.4) is 0 Å². The lowest BCUT2D eigenvalue weighted by Gasteiger charge is -1.83. The lowest BCUT2D eigenvalue weighted by Crippen LogP contribution is -2.00. The average molecular weight is 113 g/mol. The predicted molar refractivity (Wildman–Crippen MR) is 28.7 cm³/mol. The van der Waals surface area contributed by atoms with Gasteiger partial charge in [-0.05, 0) is 0 Å². The largest absolute Gasteiger partial charge is 0.381 e. The van der Waals surface area contributed by atoms with E-state index in [0.717, 1.165) is 0 Å². The third-order valence-electron chi connectivity index (χ3n) is 0.844. The molecule has 0 aliphatic heterocycles. The third-order valence-corrected chi connectivity index (χ3v) is 0.844. The summed E-state index contributed by atoms with van der Waals surface area (Å²) in [7, 11) is 0. The molecule has 0 aromatic carbocycles. The van der Waals surface area contributed by atoms with E-state index in [0.29, 0.717) is 18.1 Å². The molecule has 0 aliphatic rings. The summed E-state index contributed by atoms with van der Waals surface area (Å²) in [4.78, 5) is 0. The van der Waals surface area contributed by atoms with Gasteiger partial charge in [-0.1, -0.05) is 0 Å². The summed E-state index contributed by atoms with van der Waals surface area (Å²) >= 11 is 0. The summed E-state index contributed by atoms with van der Waals surface area (Å²) in [6.45, 7) is 0.336. The second kappa shape index (κ2) is 1.79.